The van der Waals surface area contributed by atoms with Crippen molar-refractivity contribution in [3.8, 4) is 22.8 Å². The first-order chi connectivity index (χ1) is 19.1. The summed E-state index contributed by atoms with van der Waals surface area (Å²) in [5.41, 5.74) is -0.114. The Balaban J connectivity index is 1.29. The van der Waals surface area contributed by atoms with E-state index in [1.807, 2.05) is 0 Å². The standard InChI is InChI=1S/C27H23F4N5O4/c1-32-7-8-39-22-11-18-19(12-21(22)38-2)34-20(14-33-18)16-4-3-15(17(28)9-16)10-25(37)35-24-13-23(40-36-24)26(5-6-26)27(29,30)31/h3-4,7,9,11-14H,5-6,8,10H2,1-2H3,(H,35,36,37)/b32-7+. The Kier molecular flexibility index (Phi) is 7.13. The number of hydrogen-bond donors (Lipinski definition) is 1. The summed E-state index contributed by atoms with van der Waals surface area (Å²) < 4.78 is 70.6. The quantitative estimate of drug-likeness (QED) is 0.220. The molecule has 1 N–H and O–H groups in total. The molecule has 1 aliphatic rings. The second-order valence-electron chi connectivity index (χ2n) is 9.19. The third-order valence-electron chi connectivity index (χ3n) is 6.57. The summed E-state index contributed by atoms with van der Waals surface area (Å²) in [6, 6.07) is 8.65. The molecule has 5 rings (SSSR count). The maximum Gasteiger partial charge on any atom is 0.401 e. The zero-order valence-electron chi connectivity index (χ0n) is 21.4. The number of amides is 1. The number of nitrogens with zero attached hydrogens (tertiary/aromatic N) is 4. The van der Waals surface area contributed by atoms with Crippen molar-refractivity contribution < 1.29 is 36.4 Å². The lowest BCUT2D eigenvalue weighted by Crippen LogP contribution is -2.28. The van der Waals surface area contributed by atoms with E-state index in [2.05, 4.69) is 25.4 Å². The summed E-state index contributed by atoms with van der Waals surface area (Å²) in [5, 5.41) is 5.87. The van der Waals surface area contributed by atoms with E-state index in [4.69, 9.17) is 14.0 Å². The molecule has 1 amide bonds. The Morgan fingerprint density at radius 3 is 2.62 bits per heavy atom. The van der Waals surface area contributed by atoms with Crippen molar-refractivity contribution in [3.05, 3.63) is 59.7 Å². The molecule has 40 heavy (non-hydrogen) atoms. The van der Waals surface area contributed by atoms with Crippen molar-refractivity contribution in [2.45, 2.75) is 30.9 Å². The zero-order chi connectivity index (χ0) is 28.5. The van der Waals surface area contributed by atoms with Crippen LogP contribution in [0.3, 0.4) is 0 Å². The van der Waals surface area contributed by atoms with Crippen LogP contribution >= 0.6 is 0 Å². The predicted molar refractivity (Wildman–Crippen MR) is 137 cm³/mol. The molecule has 13 heteroatoms. The maximum absolute atomic E-state index is 14.9. The highest BCUT2D eigenvalue weighted by Gasteiger charge is 2.66. The summed E-state index contributed by atoms with van der Waals surface area (Å²) in [7, 11) is 3.14. The molecule has 0 spiro atoms. The highest BCUT2D eigenvalue weighted by molar-refractivity contribution is 5.91. The molecule has 0 unspecified atom stereocenters. The number of halogens is 4. The normalized spacial score (nSPS) is 14.4. The third kappa shape index (κ3) is 5.31. The van der Waals surface area contributed by atoms with E-state index < -0.39 is 23.3 Å². The van der Waals surface area contributed by atoms with Gasteiger partial charge in [-0.2, -0.15) is 13.2 Å². The SMILES string of the molecule is C/N=C/COc1cc2ncc(-c3ccc(CC(=O)Nc4cc(C5(C(F)(F)F)CC5)on4)c(F)c3)nc2cc1OC. The lowest BCUT2D eigenvalue weighted by atomic mass is 10.0. The van der Waals surface area contributed by atoms with Crippen molar-refractivity contribution in [2.75, 3.05) is 26.1 Å². The fourth-order valence-corrected chi connectivity index (χ4v) is 4.20. The number of carbonyl (C=O) groups is 1. The van der Waals surface area contributed by atoms with Gasteiger partial charge in [0, 0.05) is 37.0 Å². The number of aromatic nitrogens is 3. The number of fused-ring (bicyclic) bond motifs is 1. The molecule has 0 atom stereocenters. The Hall–Kier alpha value is -4.55. The van der Waals surface area contributed by atoms with Gasteiger partial charge in [-0.15, -0.1) is 0 Å². The minimum absolute atomic E-state index is 0.0757. The molecule has 0 aliphatic heterocycles. The molecular formula is C27H23F4N5O4. The van der Waals surface area contributed by atoms with E-state index in [9.17, 15) is 22.4 Å². The molecule has 2 heterocycles. The van der Waals surface area contributed by atoms with Crippen LogP contribution in [0.1, 0.15) is 24.2 Å². The van der Waals surface area contributed by atoms with Crippen LogP contribution in [-0.4, -0.2) is 54.2 Å². The summed E-state index contributed by atoms with van der Waals surface area (Å²) in [6.45, 7) is 0.256. The van der Waals surface area contributed by atoms with Gasteiger partial charge in [0.2, 0.25) is 5.91 Å². The Labute approximate surface area is 225 Å². The average molecular weight is 558 g/mol. The minimum Gasteiger partial charge on any atom is -0.493 e. The van der Waals surface area contributed by atoms with Crippen LogP contribution < -0.4 is 14.8 Å². The number of methoxy groups -OCH3 is 1. The zero-order valence-corrected chi connectivity index (χ0v) is 21.4. The second kappa shape index (κ2) is 10.5. The van der Waals surface area contributed by atoms with E-state index in [1.165, 1.54) is 25.4 Å². The van der Waals surface area contributed by atoms with Gasteiger partial charge in [0.05, 0.1) is 36.5 Å². The molecule has 1 aliphatic carbocycles. The summed E-state index contributed by atoms with van der Waals surface area (Å²) in [5.74, 6) is -0.926. The predicted octanol–water partition coefficient (Wildman–Crippen LogP) is 5.29. The number of carbonyl (C=O) groups excluding carboxylic acids is 1. The van der Waals surface area contributed by atoms with Gasteiger partial charge in [-0.1, -0.05) is 17.3 Å². The van der Waals surface area contributed by atoms with E-state index in [1.54, 1.807) is 31.5 Å². The molecule has 9 nitrogen and oxygen atoms in total. The first-order valence-corrected chi connectivity index (χ1v) is 12.1. The summed E-state index contributed by atoms with van der Waals surface area (Å²) >= 11 is 0. The van der Waals surface area contributed by atoms with Gasteiger partial charge in [-0.3, -0.25) is 14.8 Å². The fraction of sp³-hybridized carbons (Fsp3) is 0.296. The monoisotopic (exact) mass is 557 g/mol. The van der Waals surface area contributed by atoms with Gasteiger partial charge >= 0.3 is 6.18 Å². The van der Waals surface area contributed by atoms with Crippen LogP contribution in [0.4, 0.5) is 23.4 Å². The van der Waals surface area contributed by atoms with Crippen molar-refractivity contribution in [1.82, 2.24) is 15.1 Å². The molecule has 1 saturated carbocycles. The number of alkyl halides is 3. The maximum atomic E-state index is 14.9. The van der Waals surface area contributed by atoms with E-state index in [0.29, 0.717) is 33.8 Å². The Bertz CT molecular complexity index is 1600. The van der Waals surface area contributed by atoms with Crippen LogP contribution in [0.25, 0.3) is 22.3 Å². The molecule has 1 fully saturated rings. The van der Waals surface area contributed by atoms with Crippen LogP contribution in [0.5, 0.6) is 11.5 Å². The van der Waals surface area contributed by atoms with Gasteiger partial charge in [0.25, 0.3) is 0 Å². The summed E-state index contributed by atoms with van der Waals surface area (Å²) in [4.78, 5) is 25.3. The number of nitrogens with one attached hydrogen (secondary N) is 1. The van der Waals surface area contributed by atoms with Crippen LogP contribution in [-0.2, 0) is 16.6 Å². The van der Waals surface area contributed by atoms with E-state index >= 15 is 0 Å². The van der Waals surface area contributed by atoms with E-state index in [-0.39, 0.29) is 43.0 Å². The van der Waals surface area contributed by atoms with E-state index in [0.717, 1.165) is 6.07 Å². The second-order valence-corrected chi connectivity index (χ2v) is 9.19. The van der Waals surface area contributed by atoms with Gasteiger partial charge in [0.1, 0.15) is 17.8 Å². The Morgan fingerprint density at radius 2 is 1.95 bits per heavy atom. The number of hydrogen-bond acceptors (Lipinski definition) is 8. The smallest absolute Gasteiger partial charge is 0.401 e. The number of ether oxygens (including phenoxy) is 2. The molecule has 208 valence electrons. The molecule has 2 aromatic carbocycles. The Morgan fingerprint density at radius 1 is 1.18 bits per heavy atom. The number of benzene rings is 2. The van der Waals surface area contributed by atoms with Crippen LogP contribution in [0.2, 0.25) is 0 Å². The van der Waals surface area contributed by atoms with Crippen molar-refractivity contribution >= 4 is 29.0 Å². The summed E-state index contributed by atoms with van der Waals surface area (Å²) in [6.07, 6.45) is -1.95. The van der Waals surface area contributed by atoms with Gasteiger partial charge < -0.3 is 19.3 Å². The van der Waals surface area contributed by atoms with Crippen molar-refractivity contribution in [2.24, 2.45) is 4.99 Å². The highest BCUT2D eigenvalue weighted by Crippen LogP contribution is 2.59. The topological polar surface area (TPSA) is 112 Å². The molecule has 0 radical (unpaired) electrons. The first kappa shape index (κ1) is 27.0. The highest BCUT2D eigenvalue weighted by atomic mass is 19.4. The van der Waals surface area contributed by atoms with Crippen LogP contribution in [0, 0.1) is 5.82 Å². The van der Waals surface area contributed by atoms with Crippen LogP contribution in [0.15, 0.2) is 52.1 Å². The number of aliphatic imine (C=N–C) groups is 1. The molecular weight excluding hydrogens is 534 g/mol. The van der Waals surface area contributed by atoms with Gasteiger partial charge in [-0.25, -0.2) is 9.37 Å². The third-order valence-corrected chi connectivity index (χ3v) is 6.57. The molecule has 0 saturated heterocycles. The van der Waals surface area contributed by atoms with Crippen molar-refractivity contribution in [3.63, 3.8) is 0 Å². The largest absolute Gasteiger partial charge is 0.493 e. The molecule has 4 aromatic rings. The number of rotatable bonds is 9. The number of anilines is 1. The molecule has 0 bridgehead atoms. The van der Waals surface area contributed by atoms with Crippen molar-refractivity contribution in [1.29, 1.82) is 0 Å². The lowest BCUT2D eigenvalue weighted by molar-refractivity contribution is -0.165. The minimum atomic E-state index is -4.47. The van der Waals surface area contributed by atoms with Gasteiger partial charge in [-0.05, 0) is 24.5 Å². The lowest BCUT2D eigenvalue weighted by Gasteiger charge is -2.14. The molecule has 2 aromatic heterocycles. The fourth-order valence-electron chi connectivity index (χ4n) is 4.20. The average Bonchev–Trinajstić information content (AvgIpc) is 3.63. The van der Waals surface area contributed by atoms with Gasteiger partial charge in [0.15, 0.2) is 23.1 Å². The first-order valence-electron chi connectivity index (χ1n) is 12.1.